The first-order valence-corrected chi connectivity index (χ1v) is 7.12. The van der Waals surface area contributed by atoms with Gasteiger partial charge in [-0.25, -0.2) is 0 Å². The van der Waals surface area contributed by atoms with E-state index in [0.29, 0.717) is 11.1 Å². The number of rotatable bonds is 2. The number of ketones is 1. The van der Waals surface area contributed by atoms with E-state index in [9.17, 15) is 15.0 Å². The third kappa shape index (κ3) is 1.55. The van der Waals surface area contributed by atoms with Crippen molar-refractivity contribution in [3.8, 4) is 0 Å². The molecule has 0 aromatic carbocycles. The molecule has 1 fully saturated rings. The van der Waals surface area contributed by atoms with Crippen molar-refractivity contribution in [3.63, 3.8) is 0 Å². The first kappa shape index (κ1) is 14.3. The fourth-order valence-corrected chi connectivity index (χ4v) is 3.96. The fraction of sp³-hybridized carbons (Fsp3) is 0.667. The van der Waals surface area contributed by atoms with Crippen LogP contribution in [0, 0.1) is 10.8 Å². The second-order valence-corrected chi connectivity index (χ2v) is 6.88. The first-order valence-electron chi connectivity index (χ1n) is 7.12. The van der Waals surface area contributed by atoms with Gasteiger partial charge in [0.2, 0.25) is 0 Å². The average Bonchev–Trinajstić information content (AvgIpc) is 3.19. The Hall–Kier alpha value is -1.62. The predicted octanol–water partition coefficient (Wildman–Crippen LogP) is 2.03. The maximum atomic E-state index is 12.7. The Morgan fingerprint density at radius 2 is 2.10 bits per heavy atom. The van der Waals surface area contributed by atoms with Crippen molar-refractivity contribution in [2.75, 3.05) is 6.54 Å². The number of nitrogens with zero attached hydrogens (tertiary/aromatic N) is 3. The third-order valence-electron chi connectivity index (χ3n) is 5.63. The van der Waals surface area contributed by atoms with Crippen molar-refractivity contribution in [1.82, 2.24) is 0 Å². The highest BCUT2D eigenvalue weighted by atomic mass is 16.3. The molecule has 1 saturated carbocycles. The highest BCUT2D eigenvalue weighted by Gasteiger charge is 2.66. The highest BCUT2D eigenvalue weighted by Crippen LogP contribution is 2.65. The van der Waals surface area contributed by atoms with Crippen LogP contribution < -0.4 is 0 Å². The summed E-state index contributed by atoms with van der Waals surface area (Å²) in [6.45, 7) is 5.30. The Labute approximate surface area is 122 Å². The number of aliphatic hydroxyl groups excluding tert-OH is 1. The number of carbonyl (C=O) groups excluding carboxylic acids is 1. The molecular weight excluding hydrogens is 270 g/mol. The Morgan fingerprint density at radius 1 is 1.48 bits per heavy atom. The molecule has 0 radical (unpaired) electrons. The Morgan fingerprint density at radius 3 is 2.62 bits per heavy atom. The van der Waals surface area contributed by atoms with Crippen molar-refractivity contribution < 1.29 is 15.0 Å². The minimum Gasteiger partial charge on any atom is -0.387 e. The zero-order valence-electron chi connectivity index (χ0n) is 12.4. The van der Waals surface area contributed by atoms with E-state index in [4.69, 9.17) is 5.53 Å². The lowest BCUT2D eigenvalue weighted by Gasteiger charge is -2.39. The van der Waals surface area contributed by atoms with Gasteiger partial charge in [0.25, 0.3) is 0 Å². The molecule has 0 aromatic rings. The van der Waals surface area contributed by atoms with Crippen LogP contribution in [0.2, 0.25) is 0 Å². The van der Waals surface area contributed by atoms with E-state index < -0.39 is 22.5 Å². The first-order chi connectivity index (χ1) is 9.71. The van der Waals surface area contributed by atoms with Crippen molar-refractivity contribution in [1.29, 1.82) is 0 Å². The number of hydrogen-bond acceptors (Lipinski definition) is 4. The molecule has 0 aliphatic heterocycles. The van der Waals surface area contributed by atoms with E-state index in [-0.39, 0.29) is 12.3 Å². The summed E-state index contributed by atoms with van der Waals surface area (Å²) in [5.74, 6) is -0.329. The molecule has 1 spiro atoms. The average molecular weight is 289 g/mol. The van der Waals surface area contributed by atoms with Crippen LogP contribution >= 0.6 is 0 Å². The molecule has 6 nitrogen and oxygen atoms in total. The summed E-state index contributed by atoms with van der Waals surface area (Å²) < 4.78 is 0. The molecule has 0 saturated heterocycles. The molecule has 0 amide bonds. The quantitative estimate of drug-likeness (QED) is 0.461. The SMILES string of the molecule is CC1=C2C(=C[C@@](C)(CN=[N+]=[N-])[C@@H]2O)C(=O)[C@](C)(O)C12CC2. The smallest absolute Gasteiger partial charge is 0.195 e. The van der Waals surface area contributed by atoms with E-state index in [2.05, 4.69) is 10.0 Å². The molecule has 3 aliphatic rings. The van der Waals surface area contributed by atoms with Crippen LogP contribution in [0.4, 0.5) is 0 Å². The van der Waals surface area contributed by atoms with Crippen LogP contribution in [0.3, 0.4) is 0 Å². The number of hydrogen-bond donors (Lipinski definition) is 2. The number of aliphatic hydroxyl groups is 2. The minimum atomic E-state index is -1.42. The van der Waals surface area contributed by atoms with Gasteiger partial charge >= 0.3 is 0 Å². The van der Waals surface area contributed by atoms with Gasteiger partial charge in [0.15, 0.2) is 5.78 Å². The lowest BCUT2D eigenvalue weighted by atomic mass is 9.67. The second kappa shape index (κ2) is 3.97. The molecule has 112 valence electrons. The molecule has 3 aliphatic carbocycles. The molecule has 0 aromatic heterocycles. The van der Waals surface area contributed by atoms with Crippen LogP contribution in [-0.2, 0) is 4.79 Å². The summed E-state index contributed by atoms with van der Waals surface area (Å²) >= 11 is 0. The summed E-state index contributed by atoms with van der Waals surface area (Å²) in [6, 6.07) is 0. The molecule has 21 heavy (non-hydrogen) atoms. The third-order valence-corrected chi connectivity index (χ3v) is 5.63. The Kier molecular flexibility index (Phi) is 2.71. The maximum Gasteiger partial charge on any atom is 0.195 e. The van der Waals surface area contributed by atoms with Gasteiger partial charge in [-0.05, 0) is 37.8 Å². The van der Waals surface area contributed by atoms with Crippen molar-refractivity contribution >= 4 is 5.78 Å². The van der Waals surface area contributed by atoms with Gasteiger partial charge in [0.05, 0.1) is 6.10 Å². The van der Waals surface area contributed by atoms with Crippen LogP contribution in [0.25, 0.3) is 10.4 Å². The van der Waals surface area contributed by atoms with E-state index in [1.54, 1.807) is 19.9 Å². The van der Waals surface area contributed by atoms with Gasteiger partial charge < -0.3 is 10.2 Å². The summed E-state index contributed by atoms with van der Waals surface area (Å²) in [6.07, 6.45) is 2.30. The van der Waals surface area contributed by atoms with Gasteiger partial charge in [-0.3, -0.25) is 4.79 Å². The summed E-state index contributed by atoms with van der Waals surface area (Å²) in [5.41, 5.74) is 7.67. The minimum absolute atomic E-state index is 0.0768. The van der Waals surface area contributed by atoms with Gasteiger partial charge in [0.1, 0.15) is 5.60 Å². The van der Waals surface area contributed by atoms with Gasteiger partial charge in [-0.2, -0.15) is 0 Å². The summed E-state index contributed by atoms with van der Waals surface area (Å²) in [5, 5.41) is 24.9. The molecule has 2 N–H and O–H groups in total. The number of fused-ring (bicyclic) bond motifs is 1. The second-order valence-electron chi connectivity index (χ2n) is 6.88. The zero-order chi connectivity index (χ0) is 15.6. The van der Waals surface area contributed by atoms with Gasteiger partial charge in [0, 0.05) is 27.9 Å². The fourth-order valence-electron chi connectivity index (χ4n) is 3.96. The van der Waals surface area contributed by atoms with Crippen LogP contribution in [0.5, 0.6) is 0 Å². The molecule has 6 heteroatoms. The maximum absolute atomic E-state index is 12.7. The zero-order valence-corrected chi connectivity index (χ0v) is 12.4. The van der Waals surface area contributed by atoms with Crippen LogP contribution in [0.1, 0.15) is 33.6 Å². The van der Waals surface area contributed by atoms with Gasteiger partial charge in [-0.1, -0.05) is 23.7 Å². The van der Waals surface area contributed by atoms with Crippen molar-refractivity contribution in [2.24, 2.45) is 15.9 Å². The van der Waals surface area contributed by atoms with Crippen LogP contribution in [0.15, 0.2) is 27.9 Å². The molecule has 3 atom stereocenters. The molecule has 0 unspecified atom stereocenters. The summed E-state index contributed by atoms with van der Waals surface area (Å²) in [7, 11) is 0. The van der Waals surface area contributed by atoms with Crippen LogP contribution in [-0.4, -0.2) is 34.2 Å². The topological polar surface area (TPSA) is 106 Å². The molecule has 3 rings (SSSR count). The van der Waals surface area contributed by atoms with E-state index in [0.717, 1.165) is 18.4 Å². The largest absolute Gasteiger partial charge is 0.387 e. The lowest BCUT2D eigenvalue weighted by Crippen LogP contribution is -2.50. The predicted molar refractivity (Wildman–Crippen MR) is 76.2 cm³/mol. The Bertz CT molecular complexity index is 651. The normalized spacial score (nSPS) is 40.0. The lowest BCUT2D eigenvalue weighted by molar-refractivity contribution is -0.138. The molecule has 0 bridgehead atoms. The van der Waals surface area contributed by atoms with Crippen molar-refractivity contribution in [3.05, 3.63) is 33.2 Å². The van der Waals surface area contributed by atoms with E-state index in [1.807, 2.05) is 6.92 Å². The van der Waals surface area contributed by atoms with E-state index in [1.165, 1.54) is 0 Å². The standard InChI is InChI=1S/C15H19N3O3/c1-8-10-9(6-13(2,12(10)20)7-17-18-16)11(19)14(3,21)15(8)4-5-15/h6,12,20-21H,4-5,7H2,1-3H3/t12-,13+,14+/m1/s1. The Balaban J connectivity index is 2.18. The highest BCUT2D eigenvalue weighted by molar-refractivity contribution is 6.09. The molecular formula is C15H19N3O3. The monoisotopic (exact) mass is 289 g/mol. The summed E-state index contributed by atoms with van der Waals surface area (Å²) in [4.78, 5) is 15.4. The van der Waals surface area contributed by atoms with Gasteiger partial charge in [-0.15, -0.1) is 0 Å². The van der Waals surface area contributed by atoms with Crippen molar-refractivity contribution in [2.45, 2.75) is 45.3 Å². The number of Topliss-reactive ketones (excluding diaryl/α,β-unsaturated/α-hetero) is 1. The molecule has 0 heterocycles. The number of azide groups is 1. The number of carbonyl (C=O) groups is 1. The van der Waals surface area contributed by atoms with E-state index >= 15 is 0 Å².